The summed E-state index contributed by atoms with van der Waals surface area (Å²) in [5.74, 6) is -0.270. The van der Waals surface area contributed by atoms with E-state index in [-0.39, 0.29) is 18.4 Å². The number of hydrogen-bond donors (Lipinski definition) is 2. The second-order valence-electron chi connectivity index (χ2n) is 7.08. The van der Waals surface area contributed by atoms with Crippen LogP contribution in [0, 0.1) is 0 Å². The summed E-state index contributed by atoms with van der Waals surface area (Å²) >= 11 is 0. The molecule has 2 amide bonds. The number of aryl methyl sites for hydroxylation is 1. The van der Waals surface area contributed by atoms with Crippen molar-refractivity contribution < 1.29 is 14.7 Å². The van der Waals surface area contributed by atoms with Gasteiger partial charge in [0, 0.05) is 29.0 Å². The van der Waals surface area contributed by atoms with Gasteiger partial charge in [-0.1, -0.05) is 30.3 Å². The Labute approximate surface area is 169 Å². The monoisotopic (exact) mass is 386 g/mol. The first-order chi connectivity index (χ1) is 14.2. The molecule has 5 nitrogen and oxygen atoms in total. The number of rotatable bonds is 4. The maximum atomic E-state index is 13.0. The molecule has 1 aliphatic rings. The van der Waals surface area contributed by atoms with E-state index in [2.05, 4.69) is 11.4 Å². The third-order valence-corrected chi connectivity index (χ3v) is 5.14. The molecule has 3 aromatic carbocycles. The number of hydrogen-bond acceptors (Lipinski definition) is 3. The quantitative estimate of drug-likeness (QED) is 0.711. The SMILES string of the molecule is O=C(Nc1ccc(C(=O)N2CCCc3ccccc32)cc1)c1ccc(CO)cc1. The number of amides is 2. The zero-order valence-corrected chi connectivity index (χ0v) is 16.0. The molecule has 1 aliphatic heterocycles. The lowest BCUT2D eigenvalue weighted by molar-refractivity contribution is 0.0984. The number of benzene rings is 3. The first-order valence-corrected chi connectivity index (χ1v) is 9.67. The summed E-state index contributed by atoms with van der Waals surface area (Å²) < 4.78 is 0. The lowest BCUT2D eigenvalue weighted by Crippen LogP contribution is -2.35. The third-order valence-electron chi connectivity index (χ3n) is 5.14. The van der Waals surface area contributed by atoms with E-state index >= 15 is 0 Å². The van der Waals surface area contributed by atoms with Crippen molar-refractivity contribution in [1.82, 2.24) is 0 Å². The average Bonchev–Trinajstić information content (AvgIpc) is 2.78. The fraction of sp³-hybridized carbons (Fsp3) is 0.167. The zero-order chi connectivity index (χ0) is 20.2. The Bertz CT molecular complexity index is 1030. The number of anilines is 2. The van der Waals surface area contributed by atoms with Gasteiger partial charge in [-0.2, -0.15) is 0 Å². The van der Waals surface area contributed by atoms with Gasteiger partial charge < -0.3 is 15.3 Å². The van der Waals surface area contributed by atoms with Crippen LogP contribution in [0.1, 0.15) is 38.3 Å². The topological polar surface area (TPSA) is 69.6 Å². The van der Waals surface area contributed by atoms with Gasteiger partial charge in [0.05, 0.1) is 6.61 Å². The molecular formula is C24H22N2O3. The summed E-state index contributed by atoms with van der Waals surface area (Å²) in [4.78, 5) is 27.2. The van der Waals surface area contributed by atoms with Gasteiger partial charge in [0.25, 0.3) is 11.8 Å². The van der Waals surface area contributed by atoms with Crippen LogP contribution in [0.4, 0.5) is 11.4 Å². The lowest BCUT2D eigenvalue weighted by atomic mass is 10.0. The average molecular weight is 386 g/mol. The Morgan fingerprint density at radius 1 is 0.897 bits per heavy atom. The number of aliphatic hydroxyl groups excluding tert-OH is 1. The summed E-state index contributed by atoms with van der Waals surface area (Å²) in [5.41, 5.74) is 4.65. The Morgan fingerprint density at radius 2 is 1.59 bits per heavy atom. The molecule has 0 aromatic heterocycles. The molecule has 29 heavy (non-hydrogen) atoms. The Hall–Kier alpha value is -3.44. The van der Waals surface area contributed by atoms with E-state index in [1.165, 1.54) is 5.56 Å². The smallest absolute Gasteiger partial charge is 0.258 e. The van der Waals surface area contributed by atoms with Crippen LogP contribution in [0.15, 0.2) is 72.8 Å². The molecule has 0 fully saturated rings. The molecule has 2 N–H and O–H groups in total. The van der Waals surface area contributed by atoms with Crippen molar-refractivity contribution in [2.75, 3.05) is 16.8 Å². The normalized spacial score (nSPS) is 12.9. The van der Waals surface area contributed by atoms with Gasteiger partial charge >= 0.3 is 0 Å². The van der Waals surface area contributed by atoms with Crippen molar-refractivity contribution in [3.05, 3.63) is 95.1 Å². The molecule has 3 aromatic rings. The second kappa shape index (κ2) is 8.29. The highest BCUT2D eigenvalue weighted by atomic mass is 16.3. The van der Waals surface area contributed by atoms with Crippen molar-refractivity contribution >= 4 is 23.2 Å². The van der Waals surface area contributed by atoms with Crippen LogP contribution >= 0.6 is 0 Å². The minimum absolute atomic E-state index is 0.0328. The van der Waals surface area contributed by atoms with E-state index in [9.17, 15) is 9.59 Å². The molecule has 0 bridgehead atoms. The lowest BCUT2D eigenvalue weighted by Gasteiger charge is -2.29. The van der Waals surface area contributed by atoms with Crippen molar-refractivity contribution in [3.63, 3.8) is 0 Å². The minimum atomic E-state index is -0.237. The van der Waals surface area contributed by atoms with Gasteiger partial charge in [-0.05, 0) is 66.4 Å². The van der Waals surface area contributed by atoms with E-state index in [1.807, 2.05) is 23.1 Å². The van der Waals surface area contributed by atoms with Gasteiger partial charge in [0.2, 0.25) is 0 Å². The second-order valence-corrected chi connectivity index (χ2v) is 7.08. The molecular weight excluding hydrogens is 364 g/mol. The van der Waals surface area contributed by atoms with E-state index < -0.39 is 0 Å². The van der Waals surface area contributed by atoms with E-state index in [1.54, 1.807) is 48.5 Å². The maximum Gasteiger partial charge on any atom is 0.258 e. The summed E-state index contributed by atoms with van der Waals surface area (Å²) in [7, 11) is 0. The van der Waals surface area contributed by atoms with Crippen LogP contribution in [0.2, 0.25) is 0 Å². The van der Waals surface area contributed by atoms with Crippen LogP contribution in [0.5, 0.6) is 0 Å². The summed E-state index contributed by atoms with van der Waals surface area (Å²) in [6.07, 6.45) is 1.94. The molecule has 0 aliphatic carbocycles. The number of carbonyl (C=O) groups is 2. The van der Waals surface area contributed by atoms with Crippen LogP contribution < -0.4 is 10.2 Å². The highest BCUT2D eigenvalue weighted by Crippen LogP contribution is 2.28. The Balaban J connectivity index is 1.46. The molecule has 4 rings (SSSR count). The molecule has 0 atom stereocenters. The Morgan fingerprint density at radius 3 is 2.31 bits per heavy atom. The number of carbonyl (C=O) groups excluding carboxylic acids is 2. The molecule has 0 unspecified atom stereocenters. The highest BCUT2D eigenvalue weighted by Gasteiger charge is 2.23. The zero-order valence-electron chi connectivity index (χ0n) is 16.0. The van der Waals surface area contributed by atoms with Crippen LogP contribution in [-0.2, 0) is 13.0 Å². The predicted molar refractivity (Wildman–Crippen MR) is 113 cm³/mol. The molecule has 0 radical (unpaired) electrons. The number of para-hydroxylation sites is 1. The largest absolute Gasteiger partial charge is 0.392 e. The minimum Gasteiger partial charge on any atom is -0.392 e. The molecule has 0 spiro atoms. The van der Waals surface area contributed by atoms with Gasteiger partial charge in [0.15, 0.2) is 0 Å². The van der Waals surface area contributed by atoms with E-state index in [0.29, 0.717) is 23.4 Å². The highest BCUT2D eigenvalue weighted by molar-refractivity contribution is 6.08. The van der Waals surface area contributed by atoms with Gasteiger partial charge in [-0.25, -0.2) is 0 Å². The molecule has 0 saturated carbocycles. The molecule has 0 saturated heterocycles. The van der Waals surface area contributed by atoms with E-state index in [0.717, 1.165) is 24.1 Å². The number of aliphatic hydroxyl groups is 1. The van der Waals surface area contributed by atoms with Crippen molar-refractivity contribution in [3.8, 4) is 0 Å². The molecule has 5 heteroatoms. The molecule has 146 valence electrons. The van der Waals surface area contributed by atoms with Gasteiger partial charge in [-0.3, -0.25) is 9.59 Å². The standard InChI is InChI=1S/C24H22N2O3/c27-16-17-7-9-19(10-8-17)23(28)25-21-13-11-20(12-14-21)24(29)26-15-3-5-18-4-1-2-6-22(18)26/h1-2,4,6-14,27H,3,5,15-16H2,(H,25,28). The first-order valence-electron chi connectivity index (χ1n) is 9.67. The van der Waals surface area contributed by atoms with Crippen molar-refractivity contribution in [2.24, 2.45) is 0 Å². The van der Waals surface area contributed by atoms with Gasteiger partial charge in [-0.15, -0.1) is 0 Å². The summed E-state index contributed by atoms with van der Waals surface area (Å²) in [6, 6.07) is 21.8. The third kappa shape index (κ3) is 4.05. The van der Waals surface area contributed by atoms with Crippen LogP contribution in [0.25, 0.3) is 0 Å². The maximum absolute atomic E-state index is 13.0. The summed E-state index contributed by atoms with van der Waals surface area (Å²) in [5, 5.41) is 11.9. The van der Waals surface area contributed by atoms with E-state index in [4.69, 9.17) is 5.11 Å². The predicted octanol–water partition coefficient (Wildman–Crippen LogP) is 4.02. The summed E-state index contributed by atoms with van der Waals surface area (Å²) in [6.45, 7) is 0.650. The fourth-order valence-corrected chi connectivity index (χ4v) is 3.56. The first kappa shape index (κ1) is 18.9. The van der Waals surface area contributed by atoms with Crippen LogP contribution in [-0.4, -0.2) is 23.5 Å². The van der Waals surface area contributed by atoms with Crippen LogP contribution in [0.3, 0.4) is 0 Å². The molecule has 1 heterocycles. The van der Waals surface area contributed by atoms with Gasteiger partial charge in [0.1, 0.15) is 0 Å². The number of fused-ring (bicyclic) bond motifs is 1. The Kier molecular flexibility index (Phi) is 5.40. The number of nitrogens with zero attached hydrogens (tertiary/aromatic N) is 1. The number of nitrogens with one attached hydrogen (secondary N) is 1. The fourth-order valence-electron chi connectivity index (χ4n) is 3.56. The van der Waals surface area contributed by atoms with Crippen molar-refractivity contribution in [1.29, 1.82) is 0 Å². The van der Waals surface area contributed by atoms with Crippen molar-refractivity contribution in [2.45, 2.75) is 19.4 Å².